The van der Waals surface area contributed by atoms with Crippen molar-refractivity contribution >= 4 is 14.3 Å². The number of hydrogen-bond donors (Lipinski definition) is 3. The van der Waals surface area contributed by atoms with Gasteiger partial charge in [-0.05, 0) is 43.5 Å². The largest absolute Gasteiger partial charge is 0.468 e. The minimum Gasteiger partial charge on any atom is -0.468 e. The number of ether oxygens (including phenoxy) is 1. The van der Waals surface area contributed by atoms with E-state index in [0.29, 0.717) is 12.0 Å². The van der Waals surface area contributed by atoms with Crippen LogP contribution in [0.5, 0.6) is 0 Å². The first-order valence-corrected chi connectivity index (χ1v) is 12.2. The van der Waals surface area contributed by atoms with E-state index in [1.54, 1.807) is 6.92 Å². The minimum absolute atomic E-state index is 0.112. The van der Waals surface area contributed by atoms with E-state index in [-0.39, 0.29) is 17.9 Å². The number of fused-ring (bicyclic) bond motifs is 1. The van der Waals surface area contributed by atoms with Gasteiger partial charge in [-0.15, -0.1) is 0 Å². The molecule has 26 heavy (non-hydrogen) atoms. The van der Waals surface area contributed by atoms with Gasteiger partial charge in [-0.3, -0.25) is 4.79 Å². The lowest BCUT2D eigenvalue weighted by atomic mass is 9.56. The van der Waals surface area contributed by atoms with Crippen LogP contribution in [0.15, 0.2) is 11.6 Å². The molecule has 2 aliphatic rings. The fraction of sp³-hybridized carbons (Fsp3) is 0.842. The van der Waals surface area contributed by atoms with Crippen LogP contribution in [0, 0.1) is 5.41 Å². The fourth-order valence-electron chi connectivity index (χ4n) is 4.00. The van der Waals surface area contributed by atoms with E-state index in [2.05, 4.69) is 33.9 Å². The molecule has 0 bridgehead atoms. The number of rotatable bonds is 3. The number of hydrogen-bond acceptors (Lipinski definition) is 6. The molecule has 0 spiro atoms. The maximum atomic E-state index is 13.0. The SMILES string of the molecule is COC(=O)[C@@]12C(=C[C@@H](O)C[C@H]1O[Si](C)(C)C(C)(C)C)[C@@](C)(O)CC[C@@H]2O. The highest BCUT2D eigenvalue weighted by molar-refractivity contribution is 6.74. The summed E-state index contributed by atoms with van der Waals surface area (Å²) in [7, 11) is -1.04. The van der Waals surface area contributed by atoms with Gasteiger partial charge in [0.1, 0.15) is 5.41 Å². The van der Waals surface area contributed by atoms with E-state index in [4.69, 9.17) is 9.16 Å². The summed E-state index contributed by atoms with van der Waals surface area (Å²) < 4.78 is 11.6. The second kappa shape index (κ2) is 6.70. The summed E-state index contributed by atoms with van der Waals surface area (Å²) in [5.41, 5.74) is -2.49. The van der Waals surface area contributed by atoms with Gasteiger partial charge in [0.05, 0.1) is 31.0 Å². The highest BCUT2D eigenvalue weighted by Crippen LogP contribution is 2.55. The van der Waals surface area contributed by atoms with E-state index >= 15 is 0 Å². The average Bonchev–Trinajstić information content (AvgIpc) is 2.49. The van der Waals surface area contributed by atoms with Crippen LogP contribution in [0.4, 0.5) is 0 Å². The van der Waals surface area contributed by atoms with Gasteiger partial charge in [-0.25, -0.2) is 0 Å². The highest BCUT2D eigenvalue weighted by Gasteiger charge is 2.64. The predicted molar refractivity (Wildman–Crippen MR) is 101 cm³/mol. The van der Waals surface area contributed by atoms with Crippen molar-refractivity contribution < 1.29 is 29.3 Å². The van der Waals surface area contributed by atoms with Crippen LogP contribution in [0.25, 0.3) is 0 Å². The Morgan fingerprint density at radius 3 is 2.38 bits per heavy atom. The first kappa shape index (κ1) is 21.6. The van der Waals surface area contributed by atoms with E-state index < -0.39 is 43.6 Å². The summed E-state index contributed by atoms with van der Waals surface area (Å²) >= 11 is 0. The van der Waals surface area contributed by atoms with Crippen LogP contribution in [-0.2, 0) is 14.0 Å². The molecule has 0 unspecified atom stereocenters. The van der Waals surface area contributed by atoms with E-state index in [0.717, 1.165) is 0 Å². The van der Waals surface area contributed by atoms with Crippen molar-refractivity contribution in [3.8, 4) is 0 Å². The second-order valence-corrected chi connectivity index (χ2v) is 14.2. The van der Waals surface area contributed by atoms with Gasteiger partial charge >= 0.3 is 5.97 Å². The summed E-state index contributed by atoms with van der Waals surface area (Å²) in [4.78, 5) is 13.0. The van der Waals surface area contributed by atoms with Crippen molar-refractivity contribution in [1.82, 2.24) is 0 Å². The number of aliphatic hydroxyl groups is 3. The van der Waals surface area contributed by atoms with E-state index in [9.17, 15) is 20.1 Å². The molecule has 1 saturated carbocycles. The molecule has 6 nitrogen and oxygen atoms in total. The number of carbonyl (C=O) groups is 1. The van der Waals surface area contributed by atoms with Crippen LogP contribution in [0.1, 0.15) is 47.0 Å². The highest BCUT2D eigenvalue weighted by atomic mass is 28.4. The van der Waals surface area contributed by atoms with E-state index in [1.807, 2.05) is 0 Å². The third kappa shape index (κ3) is 3.28. The predicted octanol–water partition coefficient (Wildman–Crippen LogP) is 2.13. The summed E-state index contributed by atoms with van der Waals surface area (Å²) in [6.45, 7) is 12.0. The molecule has 2 aliphatic carbocycles. The quantitative estimate of drug-likeness (QED) is 0.391. The van der Waals surface area contributed by atoms with Crippen molar-refractivity contribution in [2.45, 2.75) is 89.0 Å². The number of carbonyl (C=O) groups excluding carboxylic acids is 1. The second-order valence-electron chi connectivity index (χ2n) is 9.44. The Kier molecular flexibility index (Phi) is 5.56. The normalized spacial score (nSPS) is 38.4. The molecule has 0 aromatic carbocycles. The zero-order valence-corrected chi connectivity index (χ0v) is 18.0. The first-order valence-electron chi connectivity index (χ1n) is 9.27. The fourth-order valence-corrected chi connectivity index (χ4v) is 5.34. The van der Waals surface area contributed by atoms with Crippen LogP contribution in [-0.4, -0.2) is 60.6 Å². The maximum absolute atomic E-state index is 13.0. The van der Waals surface area contributed by atoms with Crippen molar-refractivity contribution in [3.05, 3.63) is 11.6 Å². The average molecular weight is 387 g/mol. The van der Waals surface area contributed by atoms with Gasteiger partial charge in [-0.2, -0.15) is 0 Å². The molecule has 0 aromatic rings. The molecule has 0 heterocycles. The molecule has 7 heteroatoms. The summed E-state index contributed by atoms with van der Waals surface area (Å²) in [6, 6.07) is 0. The minimum atomic E-state index is -2.32. The Labute approximate surface area is 157 Å². The number of esters is 1. The monoisotopic (exact) mass is 386 g/mol. The Bertz CT molecular complexity index is 591. The summed E-state index contributed by atoms with van der Waals surface area (Å²) in [5.74, 6) is -0.619. The molecule has 150 valence electrons. The van der Waals surface area contributed by atoms with Crippen molar-refractivity contribution in [2.75, 3.05) is 7.11 Å². The Hall–Kier alpha value is -0.733. The molecule has 1 fully saturated rings. The zero-order valence-electron chi connectivity index (χ0n) is 17.0. The molecular formula is C19H34O6Si. The molecule has 0 amide bonds. The lowest BCUT2D eigenvalue weighted by molar-refractivity contribution is -0.179. The molecule has 2 rings (SSSR count). The standard InChI is InChI=1S/C19H34O6Si/c1-17(2,3)26(6,7)25-15-11-12(20)10-13-18(4,23)9-8-14(21)19(13,15)16(22)24-5/h10,12,14-15,20-21,23H,8-9,11H2,1-7H3/t12-,14+,15-,18+,19-/m1/s1. The Morgan fingerprint density at radius 2 is 1.88 bits per heavy atom. The van der Waals surface area contributed by atoms with Crippen molar-refractivity contribution in [2.24, 2.45) is 5.41 Å². The van der Waals surface area contributed by atoms with Crippen LogP contribution in [0.3, 0.4) is 0 Å². The molecule has 0 aliphatic heterocycles. The first-order chi connectivity index (χ1) is 11.7. The lowest BCUT2D eigenvalue weighted by Gasteiger charge is -2.55. The third-order valence-electron chi connectivity index (χ3n) is 6.54. The van der Waals surface area contributed by atoms with Crippen LogP contribution < -0.4 is 0 Å². The molecule has 5 atom stereocenters. The van der Waals surface area contributed by atoms with E-state index in [1.165, 1.54) is 13.2 Å². The maximum Gasteiger partial charge on any atom is 0.321 e. The third-order valence-corrected chi connectivity index (χ3v) is 11.0. The van der Waals surface area contributed by atoms with Gasteiger partial charge in [0.25, 0.3) is 0 Å². The van der Waals surface area contributed by atoms with Gasteiger partial charge < -0.3 is 24.5 Å². The molecule has 0 saturated heterocycles. The molecule has 3 N–H and O–H groups in total. The van der Waals surface area contributed by atoms with Crippen molar-refractivity contribution in [1.29, 1.82) is 0 Å². The lowest BCUT2D eigenvalue weighted by Crippen LogP contribution is -2.65. The number of aliphatic hydroxyl groups excluding tert-OH is 2. The van der Waals surface area contributed by atoms with Crippen LogP contribution in [0.2, 0.25) is 18.1 Å². The van der Waals surface area contributed by atoms with Gasteiger partial charge in [0.15, 0.2) is 8.32 Å². The smallest absolute Gasteiger partial charge is 0.321 e. The van der Waals surface area contributed by atoms with Gasteiger partial charge in [-0.1, -0.05) is 26.8 Å². The van der Waals surface area contributed by atoms with Crippen molar-refractivity contribution in [3.63, 3.8) is 0 Å². The van der Waals surface area contributed by atoms with Gasteiger partial charge in [0, 0.05) is 6.42 Å². The molecule has 0 aromatic heterocycles. The van der Waals surface area contributed by atoms with Gasteiger partial charge in [0.2, 0.25) is 0 Å². The summed E-state index contributed by atoms with van der Waals surface area (Å²) in [5, 5.41) is 32.2. The molecule has 0 radical (unpaired) electrons. The summed E-state index contributed by atoms with van der Waals surface area (Å²) in [6.07, 6.45) is -0.403. The molecular weight excluding hydrogens is 352 g/mol. The zero-order chi connectivity index (χ0) is 20.1. The topological polar surface area (TPSA) is 96.2 Å². The Balaban J connectivity index is 2.64. The number of methoxy groups -OCH3 is 1. The Morgan fingerprint density at radius 1 is 1.31 bits per heavy atom. The van der Waals surface area contributed by atoms with Crippen LogP contribution >= 0.6 is 0 Å².